The molecule has 1 aliphatic rings. The molecule has 4 heteroatoms. The maximum Gasteiger partial charge on any atom is 0.335 e. The first-order valence-corrected chi connectivity index (χ1v) is 10.8. The summed E-state index contributed by atoms with van der Waals surface area (Å²) in [6.07, 6.45) is 11.8. The first-order valence-electron chi connectivity index (χ1n) is 10.8. The van der Waals surface area contributed by atoms with Crippen LogP contribution in [-0.2, 0) is 4.79 Å². The average molecular weight is 432 g/mol. The van der Waals surface area contributed by atoms with E-state index in [1.807, 2.05) is 32.1 Å². The van der Waals surface area contributed by atoms with Gasteiger partial charge in [0.1, 0.15) is 0 Å². The molecule has 0 saturated heterocycles. The van der Waals surface area contributed by atoms with Crippen LogP contribution in [0.1, 0.15) is 64.7 Å². The fourth-order valence-electron chi connectivity index (χ4n) is 3.31. The zero-order valence-corrected chi connectivity index (χ0v) is 19.9. The molecule has 168 valence electrons. The number of carbonyl (C=O) groups is 2. The third-order valence-electron chi connectivity index (χ3n) is 5.52. The predicted molar refractivity (Wildman–Crippen MR) is 131 cm³/mol. The fraction of sp³-hybridized carbons (Fsp3) is 0.357. The van der Waals surface area contributed by atoms with E-state index in [-0.39, 0.29) is 22.3 Å². The number of benzene rings is 1. The van der Waals surface area contributed by atoms with E-state index in [4.69, 9.17) is 5.11 Å². The predicted octanol–water partition coefficient (Wildman–Crippen LogP) is 6.55. The first kappa shape index (κ1) is 24.9. The highest BCUT2D eigenvalue weighted by Gasteiger charge is 2.32. The Morgan fingerprint density at radius 3 is 2.34 bits per heavy atom. The van der Waals surface area contributed by atoms with Gasteiger partial charge in [0, 0.05) is 17.3 Å². The largest absolute Gasteiger partial charge is 0.478 e. The van der Waals surface area contributed by atoms with Crippen LogP contribution < -0.4 is 5.32 Å². The second-order valence-corrected chi connectivity index (χ2v) is 9.65. The molecule has 0 fully saturated rings. The topological polar surface area (TPSA) is 66.4 Å². The van der Waals surface area contributed by atoms with Crippen molar-refractivity contribution >= 4 is 17.6 Å². The Hall–Kier alpha value is -3.32. The molecule has 0 saturated carbocycles. The fourth-order valence-corrected chi connectivity index (χ4v) is 3.31. The van der Waals surface area contributed by atoms with E-state index in [1.165, 1.54) is 30.2 Å². The van der Waals surface area contributed by atoms with Gasteiger partial charge in [0.05, 0.1) is 5.56 Å². The molecule has 0 atom stereocenters. The van der Waals surface area contributed by atoms with Crippen LogP contribution in [0.2, 0.25) is 0 Å². The first-order chi connectivity index (χ1) is 14.9. The van der Waals surface area contributed by atoms with Crippen LogP contribution in [0.3, 0.4) is 0 Å². The van der Waals surface area contributed by atoms with Crippen molar-refractivity contribution in [2.75, 3.05) is 5.32 Å². The van der Waals surface area contributed by atoms with Gasteiger partial charge in [-0.25, -0.2) is 4.79 Å². The van der Waals surface area contributed by atoms with Crippen molar-refractivity contribution in [3.05, 3.63) is 76.9 Å². The molecule has 1 aromatic rings. The lowest BCUT2D eigenvalue weighted by molar-refractivity contribution is -0.111. The van der Waals surface area contributed by atoms with Crippen molar-refractivity contribution in [2.45, 2.75) is 54.4 Å². The van der Waals surface area contributed by atoms with E-state index < -0.39 is 5.97 Å². The number of hydrogen-bond acceptors (Lipinski definition) is 2. The summed E-state index contributed by atoms with van der Waals surface area (Å²) in [5.41, 5.74) is 3.97. The molecule has 32 heavy (non-hydrogen) atoms. The van der Waals surface area contributed by atoms with Gasteiger partial charge in [0.15, 0.2) is 0 Å². The number of hydrogen-bond donors (Lipinski definition) is 2. The van der Waals surface area contributed by atoms with E-state index in [2.05, 4.69) is 50.9 Å². The zero-order valence-electron chi connectivity index (χ0n) is 19.9. The van der Waals surface area contributed by atoms with Gasteiger partial charge in [-0.15, -0.1) is 0 Å². The molecule has 0 bridgehead atoms. The Morgan fingerprint density at radius 1 is 1.06 bits per heavy atom. The van der Waals surface area contributed by atoms with Gasteiger partial charge in [0.2, 0.25) is 5.91 Å². The highest BCUT2D eigenvalue weighted by atomic mass is 16.4. The Morgan fingerprint density at radius 2 is 1.72 bits per heavy atom. The maximum atomic E-state index is 12.1. The van der Waals surface area contributed by atoms with Crippen molar-refractivity contribution in [3.63, 3.8) is 0 Å². The molecule has 0 unspecified atom stereocenters. The van der Waals surface area contributed by atoms with E-state index in [0.717, 1.165) is 17.6 Å². The second kappa shape index (κ2) is 10.3. The normalized spacial score (nSPS) is 17.9. The quantitative estimate of drug-likeness (QED) is 0.316. The molecule has 1 amide bonds. The van der Waals surface area contributed by atoms with Crippen LogP contribution in [0.15, 0.2) is 71.4 Å². The lowest BCUT2D eigenvalue weighted by atomic mass is 9.68. The summed E-state index contributed by atoms with van der Waals surface area (Å²) in [4.78, 5) is 23.0. The maximum absolute atomic E-state index is 12.1. The van der Waals surface area contributed by atoms with Crippen LogP contribution in [0.5, 0.6) is 0 Å². The lowest BCUT2D eigenvalue weighted by Crippen LogP contribution is -2.25. The molecule has 0 aromatic heterocycles. The number of anilines is 1. The van der Waals surface area contributed by atoms with Crippen molar-refractivity contribution in [1.29, 1.82) is 0 Å². The van der Waals surface area contributed by atoms with Crippen molar-refractivity contribution in [2.24, 2.45) is 10.8 Å². The third kappa shape index (κ3) is 7.74. The Kier molecular flexibility index (Phi) is 8.05. The molecule has 2 N–H and O–H groups in total. The van der Waals surface area contributed by atoms with Crippen molar-refractivity contribution < 1.29 is 14.7 Å². The van der Waals surface area contributed by atoms with Gasteiger partial charge >= 0.3 is 5.97 Å². The molecule has 1 aromatic carbocycles. The summed E-state index contributed by atoms with van der Waals surface area (Å²) in [6, 6.07) is 6.04. The summed E-state index contributed by atoms with van der Waals surface area (Å²) in [7, 11) is 0. The molecule has 1 aliphatic carbocycles. The Labute approximate surface area is 191 Å². The molecular weight excluding hydrogens is 398 g/mol. The smallest absolute Gasteiger partial charge is 0.335 e. The molecule has 0 aliphatic heterocycles. The van der Waals surface area contributed by atoms with Crippen LogP contribution in [-0.4, -0.2) is 17.0 Å². The summed E-state index contributed by atoms with van der Waals surface area (Å²) >= 11 is 0. The molecule has 2 rings (SSSR count). The minimum Gasteiger partial charge on any atom is -0.478 e. The number of aromatic carboxylic acids is 1. The monoisotopic (exact) mass is 431 g/mol. The zero-order chi connectivity index (χ0) is 23.9. The van der Waals surface area contributed by atoms with Gasteiger partial charge < -0.3 is 10.4 Å². The van der Waals surface area contributed by atoms with Crippen molar-refractivity contribution in [1.82, 2.24) is 0 Å². The van der Waals surface area contributed by atoms with Crippen LogP contribution in [0, 0.1) is 22.7 Å². The lowest BCUT2D eigenvalue weighted by Gasteiger charge is -2.36. The van der Waals surface area contributed by atoms with Crippen LogP contribution in [0.25, 0.3) is 0 Å². The van der Waals surface area contributed by atoms with E-state index in [9.17, 15) is 9.59 Å². The van der Waals surface area contributed by atoms with Gasteiger partial charge in [-0.3, -0.25) is 4.79 Å². The van der Waals surface area contributed by atoms with E-state index >= 15 is 0 Å². The molecule has 4 nitrogen and oxygen atoms in total. The minimum absolute atomic E-state index is 0.110. The highest BCUT2D eigenvalue weighted by molar-refractivity contribution is 6.00. The summed E-state index contributed by atoms with van der Waals surface area (Å²) in [6.45, 7) is 12.8. The summed E-state index contributed by atoms with van der Waals surface area (Å²) in [5, 5.41) is 11.6. The van der Waals surface area contributed by atoms with E-state index in [1.54, 1.807) is 12.1 Å². The van der Waals surface area contributed by atoms with Gasteiger partial charge in [-0.1, -0.05) is 63.8 Å². The van der Waals surface area contributed by atoms with Gasteiger partial charge in [0.25, 0.3) is 0 Å². The number of amides is 1. The number of nitrogens with one attached hydrogen (secondary N) is 1. The van der Waals surface area contributed by atoms with Crippen molar-refractivity contribution in [3.8, 4) is 11.8 Å². The summed E-state index contributed by atoms with van der Waals surface area (Å²) in [5.74, 6) is 5.35. The molecule has 0 radical (unpaired) electrons. The molecule has 0 spiro atoms. The number of carboxylic acids is 1. The van der Waals surface area contributed by atoms with Gasteiger partial charge in [-0.2, -0.15) is 0 Å². The Bertz CT molecular complexity index is 1050. The van der Waals surface area contributed by atoms with Crippen LogP contribution in [0.4, 0.5) is 5.69 Å². The third-order valence-corrected chi connectivity index (χ3v) is 5.52. The number of carbonyl (C=O) groups excluding carboxylic acids is 1. The molecule has 0 heterocycles. The standard InChI is InChI=1S/C28H33NO3/c1-20(10-13-23-19-27(3,4)16-17-28(23,5)6)8-7-9-21(2)18-25(30)29-24-14-11-22(12-15-24)26(31)32/h7-9,11-12,14-15,18-19H,16-17H2,1-6H3,(H,29,30)(H,31,32)/b9-7+,20-8+,21-18+. The Balaban J connectivity index is 1.99. The molecular formula is C28H33NO3. The average Bonchev–Trinajstić information content (AvgIpc) is 2.69. The van der Waals surface area contributed by atoms with Crippen LogP contribution >= 0.6 is 0 Å². The van der Waals surface area contributed by atoms with Gasteiger partial charge in [-0.05, 0) is 72.9 Å². The minimum atomic E-state index is -1.00. The number of allylic oxidation sites excluding steroid dienone is 7. The second-order valence-electron chi connectivity index (χ2n) is 9.65. The van der Waals surface area contributed by atoms with E-state index in [0.29, 0.717) is 5.69 Å². The highest BCUT2D eigenvalue weighted by Crippen LogP contribution is 2.43. The SMILES string of the molecule is C\C(C#CC1=CC(C)(C)CCC1(C)C)=C/C=C/C(C)=C/C(=O)Nc1ccc(C(=O)O)cc1. The number of rotatable bonds is 5. The summed E-state index contributed by atoms with van der Waals surface area (Å²) < 4.78 is 0. The number of carboxylic acid groups (broad SMARTS) is 1.